The fourth-order valence-electron chi connectivity index (χ4n) is 1.61. The van der Waals surface area contributed by atoms with E-state index in [2.05, 4.69) is 15.3 Å². The average Bonchev–Trinajstić information content (AvgIpc) is 2.39. The maximum atomic E-state index is 12.6. The number of hydrogen-bond donors (Lipinski definition) is 1. The second-order valence-electron chi connectivity index (χ2n) is 3.87. The minimum absolute atomic E-state index is 0.268. The second-order valence-corrected chi connectivity index (χ2v) is 3.87. The van der Waals surface area contributed by atoms with Gasteiger partial charge in [-0.3, -0.25) is 0 Å². The van der Waals surface area contributed by atoms with Crippen molar-refractivity contribution in [3.8, 4) is 11.4 Å². The van der Waals surface area contributed by atoms with E-state index in [1.165, 1.54) is 12.3 Å². The molecule has 0 amide bonds. The zero-order valence-electron chi connectivity index (χ0n) is 10.2. The molecular formula is C13H12F3N3. The molecule has 100 valence electrons. The summed E-state index contributed by atoms with van der Waals surface area (Å²) in [7, 11) is 0. The molecule has 1 heterocycles. The highest BCUT2D eigenvalue weighted by Gasteiger charge is 2.30. The summed E-state index contributed by atoms with van der Waals surface area (Å²) < 4.78 is 37.9. The molecule has 0 saturated carbocycles. The van der Waals surface area contributed by atoms with Crippen LogP contribution in [-0.2, 0) is 6.18 Å². The van der Waals surface area contributed by atoms with Crippen LogP contribution in [-0.4, -0.2) is 16.5 Å². The lowest BCUT2D eigenvalue weighted by Gasteiger charge is -2.09. The molecule has 0 spiro atoms. The van der Waals surface area contributed by atoms with Crippen molar-refractivity contribution in [1.29, 1.82) is 0 Å². The number of nitrogens with one attached hydrogen (secondary N) is 1. The fourth-order valence-corrected chi connectivity index (χ4v) is 1.61. The van der Waals surface area contributed by atoms with Crippen LogP contribution in [0.5, 0.6) is 0 Å². The average molecular weight is 267 g/mol. The SMILES string of the molecule is CCNc1ccnc(-c2cccc(C(F)(F)F)c2)n1. The molecule has 0 aliphatic heterocycles. The number of alkyl halides is 3. The zero-order chi connectivity index (χ0) is 13.9. The molecule has 0 bridgehead atoms. The van der Waals surface area contributed by atoms with E-state index >= 15 is 0 Å². The number of hydrogen-bond acceptors (Lipinski definition) is 3. The zero-order valence-corrected chi connectivity index (χ0v) is 10.2. The van der Waals surface area contributed by atoms with Crippen LogP contribution in [0.3, 0.4) is 0 Å². The van der Waals surface area contributed by atoms with Gasteiger partial charge in [-0.2, -0.15) is 13.2 Å². The van der Waals surface area contributed by atoms with Crippen molar-refractivity contribution in [2.75, 3.05) is 11.9 Å². The molecule has 0 aliphatic rings. The summed E-state index contributed by atoms with van der Waals surface area (Å²) in [5.41, 5.74) is -0.364. The van der Waals surface area contributed by atoms with Crippen LogP contribution in [0.15, 0.2) is 36.5 Å². The van der Waals surface area contributed by atoms with Gasteiger partial charge in [-0.1, -0.05) is 12.1 Å². The highest BCUT2D eigenvalue weighted by atomic mass is 19.4. The minimum Gasteiger partial charge on any atom is -0.370 e. The summed E-state index contributed by atoms with van der Waals surface area (Å²) in [4.78, 5) is 8.16. The van der Waals surface area contributed by atoms with Crippen LogP contribution in [0.25, 0.3) is 11.4 Å². The number of nitrogens with zero attached hydrogens (tertiary/aromatic N) is 2. The summed E-state index contributed by atoms with van der Waals surface area (Å²) in [5, 5.41) is 2.99. The van der Waals surface area contributed by atoms with Gasteiger partial charge in [0, 0.05) is 18.3 Å². The van der Waals surface area contributed by atoms with Crippen LogP contribution in [0, 0.1) is 0 Å². The number of aromatic nitrogens is 2. The minimum atomic E-state index is -4.37. The molecule has 0 unspecified atom stereocenters. The van der Waals surface area contributed by atoms with Gasteiger partial charge in [0.1, 0.15) is 5.82 Å². The Bertz CT molecular complexity index is 567. The van der Waals surface area contributed by atoms with E-state index in [9.17, 15) is 13.2 Å². The normalized spacial score (nSPS) is 11.4. The maximum absolute atomic E-state index is 12.6. The Morgan fingerprint density at radius 2 is 2.00 bits per heavy atom. The molecule has 1 aromatic heterocycles. The molecule has 0 atom stereocenters. The van der Waals surface area contributed by atoms with E-state index in [1.807, 2.05) is 6.92 Å². The lowest BCUT2D eigenvalue weighted by Crippen LogP contribution is -2.05. The Kier molecular flexibility index (Phi) is 3.69. The first-order valence-electron chi connectivity index (χ1n) is 5.75. The Morgan fingerprint density at radius 3 is 2.68 bits per heavy atom. The van der Waals surface area contributed by atoms with Crippen LogP contribution >= 0.6 is 0 Å². The summed E-state index contributed by atoms with van der Waals surface area (Å²) in [6.45, 7) is 2.59. The third kappa shape index (κ3) is 3.21. The molecule has 6 heteroatoms. The van der Waals surface area contributed by atoms with E-state index < -0.39 is 11.7 Å². The molecule has 2 rings (SSSR count). The Morgan fingerprint density at radius 1 is 1.21 bits per heavy atom. The van der Waals surface area contributed by atoms with Gasteiger partial charge in [0.2, 0.25) is 0 Å². The fraction of sp³-hybridized carbons (Fsp3) is 0.231. The first kappa shape index (κ1) is 13.3. The van der Waals surface area contributed by atoms with E-state index in [0.717, 1.165) is 12.1 Å². The van der Waals surface area contributed by atoms with Gasteiger partial charge in [-0.15, -0.1) is 0 Å². The summed E-state index contributed by atoms with van der Waals surface area (Å²) >= 11 is 0. The van der Waals surface area contributed by atoms with E-state index in [-0.39, 0.29) is 5.82 Å². The topological polar surface area (TPSA) is 37.8 Å². The maximum Gasteiger partial charge on any atom is 0.416 e. The van der Waals surface area contributed by atoms with Crippen LogP contribution in [0.1, 0.15) is 12.5 Å². The predicted molar refractivity (Wildman–Crippen MR) is 66.6 cm³/mol. The van der Waals surface area contributed by atoms with Crippen molar-refractivity contribution in [3.05, 3.63) is 42.1 Å². The molecule has 2 aromatic rings. The van der Waals surface area contributed by atoms with Crippen LogP contribution < -0.4 is 5.32 Å². The van der Waals surface area contributed by atoms with Crippen molar-refractivity contribution >= 4 is 5.82 Å². The summed E-state index contributed by atoms with van der Waals surface area (Å²) in [5.74, 6) is 0.856. The van der Waals surface area contributed by atoms with Gasteiger partial charge in [-0.05, 0) is 25.1 Å². The molecule has 0 fully saturated rings. The van der Waals surface area contributed by atoms with Crippen molar-refractivity contribution in [1.82, 2.24) is 9.97 Å². The highest BCUT2D eigenvalue weighted by Crippen LogP contribution is 2.31. The van der Waals surface area contributed by atoms with Gasteiger partial charge in [0.25, 0.3) is 0 Å². The van der Waals surface area contributed by atoms with Gasteiger partial charge in [0.05, 0.1) is 5.56 Å². The van der Waals surface area contributed by atoms with Crippen LogP contribution in [0.4, 0.5) is 19.0 Å². The molecule has 0 aliphatic carbocycles. The molecule has 19 heavy (non-hydrogen) atoms. The molecular weight excluding hydrogens is 255 g/mol. The van der Waals surface area contributed by atoms with Crippen molar-refractivity contribution in [3.63, 3.8) is 0 Å². The number of anilines is 1. The monoisotopic (exact) mass is 267 g/mol. The lowest BCUT2D eigenvalue weighted by molar-refractivity contribution is -0.137. The smallest absolute Gasteiger partial charge is 0.370 e. The molecule has 0 saturated heterocycles. The predicted octanol–water partition coefficient (Wildman–Crippen LogP) is 3.59. The highest BCUT2D eigenvalue weighted by molar-refractivity contribution is 5.58. The summed E-state index contributed by atoms with van der Waals surface area (Å²) in [6, 6.07) is 6.64. The van der Waals surface area contributed by atoms with Crippen LogP contribution in [0.2, 0.25) is 0 Å². The van der Waals surface area contributed by atoms with Crippen molar-refractivity contribution in [2.24, 2.45) is 0 Å². The second kappa shape index (κ2) is 5.26. The third-order valence-electron chi connectivity index (χ3n) is 2.46. The molecule has 3 nitrogen and oxygen atoms in total. The van der Waals surface area contributed by atoms with E-state index in [4.69, 9.17) is 0 Å². The number of halogens is 3. The van der Waals surface area contributed by atoms with Gasteiger partial charge in [0.15, 0.2) is 5.82 Å². The Hall–Kier alpha value is -2.11. The van der Waals surface area contributed by atoms with Crippen molar-refractivity contribution < 1.29 is 13.2 Å². The Labute approximate surface area is 108 Å². The third-order valence-corrected chi connectivity index (χ3v) is 2.46. The first-order valence-corrected chi connectivity index (χ1v) is 5.75. The van der Waals surface area contributed by atoms with E-state index in [0.29, 0.717) is 17.9 Å². The largest absolute Gasteiger partial charge is 0.416 e. The first-order chi connectivity index (χ1) is 9.00. The standard InChI is InChI=1S/C13H12F3N3/c1-2-17-11-6-7-18-12(19-11)9-4-3-5-10(8-9)13(14,15)16/h3-8H,2H2,1H3,(H,17,18,19). The number of rotatable bonds is 3. The number of benzene rings is 1. The van der Waals surface area contributed by atoms with Crippen molar-refractivity contribution in [2.45, 2.75) is 13.1 Å². The van der Waals surface area contributed by atoms with Gasteiger partial charge >= 0.3 is 6.18 Å². The quantitative estimate of drug-likeness (QED) is 0.923. The molecule has 1 aromatic carbocycles. The van der Waals surface area contributed by atoms with Gasteiger partial charge in [-0.25, -0.2) is 9.97 Å². The molecule has 1 N–H and O–H groups in total. The van der Waals surface area contributed by atoms with Gasteiger partial charge < -0.3 is 5.32 Å². The Balaban J connectivity index is 2.39. The summed E-state index contributed by atoms with van der Waals surface area (Å²) in [6.07, 6.45) is -2.85. The molecule has 0 radical (unpaired) electrons. The van der Waals surface area contributed by atoms with E-state index in [1.54, 1.807) is 12.1 Å². The lowest BCUT2D eigenvalue weighted by atomic mass is 10.1.